The number of pyridine rings is 1. The van der Waals surface area contributed by atoms with Crippen molar-refractivity contribution in [3.63, 3.8) is 0 Å². The van der Waals surface area contributed by atoms with Crippen LogP contribution in [0.1, 0.15) is 27.7 Å². The third-order valence-electron chi connectivity index (χ3n) is 3.73. The van der Waals surface area contributed by atoms with E-state index in [4.69, 9.17) is 0 Å². The number of aromatic nitrogens is 1. The van der Waals surface area contributed by atoms with E-state index in [-0.39, 0.29) is 5.91 Å². The number of carbonyl (C=O) groups excluding carboxylic acids is 1. The molecule has 0 aliphatic carbocycles. The summed E-state index contributed by atoms with van der Waals surface area (Å²) in [4.78, 5) is 17.4. The molecule has 0 bridgehead atoms. The highest BCUT2D eigenvalue weighted by Crippen LogP contribution is 2.25. The van der Waals surface area contributed by atoms with Crippen LogP contribution in [0.5, 0.6) is 0 Å². The Bertz CT molecular complexity index is 803. The van der Waals surface area contributed by atoms with E-state index in [9.17, 15) is 13.6 Å². The van der Waals surface area contributed by atoms with Gasteiger partial charge in [-0.1, -0.05) is 48.2 Å². The third kappa shape index (κ3) is 4.67. The number of thioether (sulfide) groups is 1. The second-order valence-electron chi connectivity index (χ2n) is 5.47. The standard InChI is InChI=1S/C20H16F2N2OS/c21-20(22)26-16-11-9-15(10-12-16)19(25)24-18(14-6-2-1-3-7-14)17-8-4-5-13-23-17/h1-13,18,20H,(H,24,25). The number of amides is 1. The number of hydrogen-bond donors (Lipinski definition) is 1. The molecule has 2 aromatic carbocycles. The van der Waals surface area contributed by atoms with Crippen molar-refractivity contribution in [2.24, 2.45) is 0 Å². The zero-order chi connectivity index (χ0) is 18.4. The molecule has 6 heteroatoms. The van der Waals surface area contributed by atoms with E-state index >= 15 is 0 Å². The van der Waals surface area contributed by atoms with Gasteiger partial charge in [0.25, 0.3) is 11.7 Å². The lowest BCUT2D eigenvalue weighted by molar-refractivity contribution is 0.0942. The van der Waals surface area contributed by atoms with Gasteiger partial charge in [-0.2, -0.15) is 8.78 Å². The Kier molecular flexibility index (Phi) is 5.96. The number of carbonyl (C=O) groups is 1. The maximum atomic E-state index is 12.6. The fraction of sp³-hybridized carbons (Fsp3) is 0.100. The van der Waals surface area contributed by atoms with E-state index in [0.717, 1.165) is 11.3 Å². The summed E-state index contributed by atoms with van der Waals surface area (Å²) >= 11 is 0.451. The number of rotatable bonds is 6. The normalized spacial score (nSPS) is 12.0. The lowest BCUT2D eigenvalue weighted by atomic mass is 10.0. The van der Waals surface area contributed by atoms with Crippen LogP contribution in [-0.4, -0.2) is 16.6 Å². The van der Waals surface area contributed by atoms with Crippen LogP contribution < -0.4 is 5.32 Å². The van der Waals surface area contributed by atoms with Crippen molar-refractivity contribution < 1.29 is 13.6 Å². The molecule has 0 saturated carbocycles. The van der Waals surface area contributed by atoms with Crippen molar-refractivity contribution in [1.29, 1.82) is 0 Å². The van der Waals surface area contributed by atoms with Crippen molar-refractivity contribution in [3.05, 3.63) is 95.8 Å². The highest BCUT2D eigenvalue weighted by atomic mass is 32.2. The lowest BCUT2D eigenvalue weighted by Crippen LogP contribution is -2.29. The van der Waals surface area contributed by atoms with Gasteiger partial charge in [0.15, 0.2) is 0 Å². The van der Waals surface area contributed by atoms with Crippen LogP contribution in [0.25, 0.3) is 0 Å². The summed E-state index contributed by atoms with van der Waals surface area (Å²) in [5, 5.41) is 2.97. The summed E-state index contributed by atoms with van der Waals surface area (Å²) in [5.74, 6) is -2.78. The molecule has 0 saturated heterocycles. The largest absolute Gasteiger partial charge is 0.340 e. The molecule has 3 nitrogen and oxygen atoms in total. The predicted octanol–water partition coefficient (Wildman–Crippen LogP) is 4.92. The highest BCUT2D eigenvalue weighted by Gasteiger charge is 2.18. The number of benzene rings is 2. The van der Waals surface area contributed by atoms with Gasteiger partial charge in [0.05, 0.1) is 11.7 Å². The average molecular weight is 370 g/mol. The van der Waals surface area contributed by atoms with E-state index in [0.29, 0.717) is 22.2 Å². The molecule has 1 amide bonds. The van der Waals surface area contributed by atoms with Gasteiger partial charge in [0.2, 0.25) is 0 Å². The average Bonchev–Trinajstić information content (AvgIpc) is 2.67. The summed E-state index contributed by atoms with van der Waals surface area (Å²) < 4.78 is 24.8. The maximum Gasteiger partial charge on any atom is 0.288 e. The second kappa shape index (κ2) is 8.58. The zero-order valence-electron chi connectivity index (χ0n) is 13.7. The molecule has 0 fully saturated rings. The smallest absolute Gasteiger partial charge is 0.288 e. The molecule has 0 spiro atoms. The summed E-state index contributed by atoms with van der Waals surface area (Å²) in [7, 11) is 0. The molecule has 3 aromatic rings. The minimum Gasteiger partial charge on any atom is -0.340 e. The Labute approximate surface area is 154 Å². The Morgan fingerprint density at radius 3 is 2.23 bits per heavy atom. The molecule has 0 radical (unpaired) electrons. The van der Waals surface area contributed by atoms with Crippen LogP contribution in [0.15, 0.2) is 83.9 Å². The van der Waals surface area contributed by atoms with Crippen LogP contribution >= 0.6 is 11.8 Å². The maximum absolute atomic E-state index is 12.6. The van der Waals surface area contributed by atoms with Crippen LogP contribution in [-0.2, 0) is 0 Å². The fourth-order valence-electron chi connectivity index (χ4n) is 2.52. The Hall–Kier alpha value is -2.73. The molecule has 1 atom stereocenters. The summed E-state index contributed by atoms with van der Waals surface area (Å²) in [6, 6.07) is 20.8. The van der Waals surface area contributed by atoms with Crippen molar-refractivity contribution in [3.8, 4) is 0 Å². The van der Waals surface area contributed by atoms with Gasteiger partial charge in [-0.3, -0.25) is 9.78 Å². The fourth-order valence-corrected chi connectivity index (χ4v) is 3.02. The molecule has 1 N–H and O–H groups in total. The molecule has 132 valence electrons. The van der Waals surface area contributed by atoms with Crippen LogP contribution in [0.2, 0.25) is 0 Å². The highest BCUT2D eigenvalue weighted by molar-refractivity contribution is 7.99. The Balaban J connectivity index is 1.81. The third-order valence-corrected chi connectivity index (χ3v) is 4.46. The number of halogens is 2. The van der Waals surface area contributed by atoms with E-state index in [1.807, 2.05) is 48.5 Å². The molecule has 1 unspecified atom stereocenters. The molecule has 0 aliphatic heterocycles. The molecule has 3 rings (SSSR count). The van der Waals surface area contributed by atoms with Gasteiger partial charge < -0.3 is 5.32 Å². The monoisotopic (exact) mass is 370 g/mol. The Morgan fingerprint density at radius 1 is 0.923 bits per heavy atom. The summed E-state index contributed by atoms with van der Waals surface area (Å²) in [6.07, 6.45) is 1.67. The SMILES string of the molecule is O=C(NC(c1ccccc1)c1ccccn1)c1ccc(SC(F)F)cc1. The Morgan fingerprint density at radius 2 is 1.62 bits per heavy atom. The van der Waals surface area contributed by atoms with Gasteiger partial charge in [0.1, 0.15) is 0 Å². The van der Waals surface area contributed by atoms with E-state index in [1.165, 1.54) is 12.1 Å². The van der Waals surface area contributed by atoms with Crippen LogP contribution in [0.4, 0.5) is 8.78 Å². The van der Waals surface area contributed by atoms with E-state index in [1.54, 1.807) is 18.3 Å². The first-order valence-electron chi connectivity index (χ1n) is 7.95. The summed E-state index contributed by atoms with van der Waals surface area (Å²) in [5.41, 5.74) is 2.03. The minimum atomic E-state index is -2.48. The van der Waals surface area contributed by atoms with Gasteiger partial charge in [-0.05, 0) is 42.0 Å². The van der Waals surface area contributed by atoms with E-state index < -0.39 is 11.8 Å². The number of hydrogen-bond acceptors (Lipinski definition) is 3. The molecule has 1 heterocycles. The predicted molar refractivity (Wildman–Crippen MR) is 98.3 cm³/mol. The minimum absolute atomic E-state index is 0.293. The van der Waals surface area contributed by atoms with Gasteiger partial charge in [-0.25, -0.2) is 0 Å². The first-order chi connectivity index (χ1) is 12.6. The van der Waals surface area contributed by atoms with Crippen molar-refractivity contribution in [2.75, 3.05) is 0 Å². The lowest BCUT2D eigenvalue weighted by Gasteiger charge is -2.19. The number of nitrogens with one attached hydrogen (secondary N) is 1. The van der Waals surface area contributed by atoms with Crippen LogP contribution in [0.3, 0.4) is 0 Å². The van der Waals surface area contributed by atoms with Gasteiger partial charge in [-0.15, -0.1) is 0 Å². The first kappa shape index (κ1) is 18.1. The number of nitrogens with zero attached hydrogens (tertiary/aromatic N) is 1. The quantitative estimate of drug-likeness (QED) is 0.627. The van der Waals surface area contributed by atoms with Gasteiger partial charge >= 0.3 is 0 Å². The molecular weight excluding hydrogens is 354 g/mol. The van der Waals surface area contributed by atoms with Crippen molar-refractivity contribution in [2.45, 2.75) is 16.7 Å². The van der Waals surface area contributed by atoms with Crippen LogP contribution in [0, 0.1) is 0 Å². The number of alkyl halides is 2. The molecule has 26 heavy (non-hydrogen) atoms. The molecule has 0 aliphatic rings. The summed E-state index contributed by atoms with van der Waals surface area (Å²) in [6.45, 7) is 0. The zero-order valence-corrected chi connectivity index (χ0v) is 14.5. The van der Waals surface area contributed by atoms with Gasteiger partial charge in [0, 0.05) is 16.7 Å². The first-order valence-corrected chi connectivity index (χ1v) is 8.83. The van der Waals surface area contributed by atoms with Crippen molar-refractivity contribution in [1.82, 2.24) is 10.3 Å². The topological polar surface area (TPSA) is 42.0 Å². The second-order valence-corrected chi connectivity index (χ2v) is 6.54. The van der Waals surface area contributed by atoms with E-state index in [2.05, 4.69) is 10.3 Å². The molecule has 1 aromatic heterocycles. The van der Waals surface area contributed by atoms with Crippen molar-refractivity contribution >= 4 is 17.7 Å². The molecular formula is C20H16F2N2OS.